The molecule has 7 nitrogen and oxygen atoms in total. The van der Waals surface area contributed by atoms with Crippen molar-refractivity contribution in [3.05, 3.63) is 41.3 Å². The van der Waals surface area contributed by atoms with E-state index in [0.717, 1.165) is 6.20 Å². The van der Waals surface area contributed by atoms with Crippen LogP contribution in [0.2, 0.25) is 5.02 Å². The summed E-state index contributed by atoms with van der Waals surface area (Å²) in [5, 5.41) is 3.30. The standard InChI is InChI=1S/C14H17ClFN5O2S/c1-21(2)13-12(16)9-18-14(20-13)17-7-8-19-24(22,23)11-5-3-10(15)4-6-11/h3-6,9,19H,7-8H2,1-2H3,(H,17,18,20). The van der Waals surface area contributed by atoms with Crippen LogP contribution in [0.1, 0.15) is 0 Å². The summed E-state index contributed by atoms with van der Waals surface area (Å²) >= 11 is 5.73. The summed E-state index contributed by atoms with van der Waals surface area (Å²) < 4.78 is 40.1. The zero-order valence-corrected chi connectivity index (χ0v) is 14.7. The van der Waals surface area contributed by atoms with Gasteiger partial charge in [0.2, 0.25) is 16.0 Å². The zero-order chi connectivity index (χ0) is 17.7. The first-order valence-corrected chi connectivity index (χ1v) is 8.84. The van der Waals surface area contributed by atoms with E-state index in [1.165, 1.54) is 29.2 Å². The molecular weight excluding hydrogens is 357 g/mol. The van der Waals surface area contributed by atoms with Crippen LogP contribution in [-0.2, 0) is 10.0 Å². The van der Waals surface area contributed by atoms with Gasteiger partial charge >= 0.3 is 0 Å². The van der Waals surface area contributed by atoms with E-state index in [1.54, 1.807) is 14.1 Å². The molecule has 0 unspecified atom stereocenters. The minimum atomic E-state index is -3.62. The van der Waals surface area contributed by atoms with Crippen LogP contribution in [0.15, 0.2) is 35.4 Å². The number of anilines is 2. The van der Waals surface area contributed by atoms with E-state index in [-0.39, 0.29) is 29.8 Å². The van der Waals surface area contributed by atoms with E-state index in [9.17, 15) is 12.8 Å². The largest absolute Gasteiger partial charge is 0.360 e. The number of nitrogens with zero attached hydrogens (tertiary/aromatic N) is 3. The summed E-state index contributed by atoms with van der Waals surface area (Å²) in [4.78, 5) is 9.46. The number of sulfonamides is 1. The molecule has 24 heavy (non-hydrogen) atoms. The highest BCUT2D eigenvalue weighted by molar-refractivity contribution is 7.89. The fraction of sp³-hybridized carbons (Fsp3) is 0.286. The van der Waals surface area contributed by atoms with Crippen molar-refractivity contribution < 1.29 is 12.8 Å². The maximum Gasteiger partial charge on any atom is 0.240 e. The van der Waals surface area contributed by atoms with Crippen molar-refractivity contribution in [3.8, 4) is 0 Å². The quantitative estimate of drug-likeness (QED) is 0.719. The van der Waals surface area contributed by atoms with Crippen molar-refractivity contribution in [2.24, 2.45) is 0 Å². The molecule has 0 aliphatic rings. The molecule has 1 aromatic heterocycles. The first-order valence-electron chi connectivity index (χ1n) is 6.98. The van der Waals surface area contributed by atoms with Gasteiger partial charge in [0.05, 0.1) is 11.1 Å². The fourth-order valence-corrected chi connectivity index (χ4v) is 2.97. The molecule has 0 aliphatic carbocycles. The van der Waals surface area contributed by atoms with Gasteiger partial charge < -0.3 is 10.2 Å². The second-order valence-electron chi connectivity index (χ2n) is 5.04. The monoisotopic (exact) mass is 373 g/mol. The minimum absolute atomic E-state index is 0.114. The second-order valence-corrected chi connectivity index (χ2v) is 7.24. The normalized spacial score (nSPS) is 11.3. The van der Waals surface area contributed by atoms with E-state index >= 15 is 0 Å². The van der Waals surface area contributed by atoms with Crippen LogP contribution in [0.5, 0.6) is 0 Å². The third-order valence-electron chi connectivity index (χ3n) is 2.97. The van der Waals surface area contributed by atoms with Gasteiger partial charge in [0, 0.05) is 32.2 Å². The molecule has 10 heteroatoms. The Morgan fingerprint density at radius 1 is 1.21 bits per heavy atom. The third-order valence-corrected chi connectivity index (χ3v) is 4.70. The number of benzene rings is 1. The minimum Gasteiger partial charge on any atom is -0.360 e. The molecule has 2 N–H and O–H groups in total. The Bertz CT molecular complexity index is 799. The number of nitrogens with one attached hydrogen (secondary N) is 2. The fourth-order valence-electron chi connectivity index (χ4n) is 1.81. The molecule has 130 valence electrons. The second kappa shape index (κ2) is 7.73. The predicted octanol–water partition coefficient (Wildman–Crippen LogP) is 1.73. The molecule has 2 aromatic rings. The van der Waals surface area contributed by atoms with Crippen molar-refractivity contribution in [2.75, 3.05) is 37.4 Å². The zero-order valence-electron chi connectivity index (χ0n) is 13.1. The van der Waals surface area contributed by atoms with Gasteiger partial charge in [0.1, 0.15) is 0 Å². The Balaban J connectivity index is 1.91. The van der Waals surface area contributed by atoms with Crippen LogP contribution in [0.4, 0.5) is 16.2 Å². The van der Waals surface area contributed by atoms with E-state index in [2.05, 4.69) is 20.0 Å². The summed E-state index contributed by atoms with van der Waals surface area (Å²) in [6.45, 7) is 0.355. The maximum atomic E-state index is 13.5. The number of hydrogen-bond acceptors (Lipinski definition) is 6. The molecule has 0 spiro atoms. The van der Waals surface area contributed by atoms with E-state index in [4.69, 9.17) is 11.6 Å². The average molecular weight is 374 g/mol. The smallest absolute Gasteiger partial charge is 0.240 e. The van der Waals surface area contributed by atoms with Crippen molar-refractivity contribution in [1.29, 1.82) is 0 Å². The van der Waals surface area contributed by atoms with Gasteiger partial charge in [-0.1, -0.05) is 11.6 Å². The summed E-state index contributed by atoms with van der Waals surface area (Å²) in [6, 6.07) is 5.85. The Hall–Kier alpha value is -1.97. The summed E-state index contributed by atoms with van der Waals surface area (Å²) in [7, 11) is -0.293. The van der Waals surface area contributed by atoms with Gasteiger partial charge in [-0.15, -0.1) is 0 Å². The molecule has 0 bridgehead atoms. The van der Waals surface area contributed by atoms with Crippen LogP contribution < -0.4 is 14.9 Å². The lowest BCUT2D eigenvalue weighted by molar-refractivity contribution is 0.583. The van der Waals surface area contributed by atoms with Gasteiger partial charge in [-0.3, -0.25) is 0 Å². The molecule has 0 saturated heterocycles. The molecular formula is C14H17ClFN5O2S. The van der Waals surface area contributed by atoms with Gasteiger partial charge in [-0.05, 0) is 24.3 Å². The predicted molar refractivity (Wildman–Crippen MR) is 91.4 cm³/mol. The van der Waals surface area contributed by atoms with Crippen molar-refractivity contribution in [1.82, 2.24) is 14.7 Å². The van der Waals surface area contributed by atoms with Crippen molar-refractivity contribution in [3.63, 3.8) is 0 Å². The van der Waals surface area contributed by atoms with Crippen molar-refractivity contribution >= 4 is 33.4 Å². The van der Waals surface area contributed by atoms with Crippen LogP contribution in [0, 0.1) is 5.82 Å². The topological polar surface area (TPSA) is 87.2 Å². The number of aromatic nitrogens is 2. The van der Waals surface area contributed by atoms with Gasteiger partial charge in [-0.2, -0.15) is 4.98 Å². The van der Waals surface area contributed by atoms with Crippen LogP contribution in [0.25, 0.3) is 0 Å². The summed E-state index contributed by atoms with van der Waals surface area (Å²) in [6.07, 6.45) is 1.06. The average Bonchev–Trinajstić information content (AvgIpc) is 2.53. The molecule has 1 aromatic carbocycles. The Labute approximate surface area is 144 Å². The lowest BCUT2D eigenvalue weighted by atomic mass is 10.4. The van der Waals surface area contributed by atoms with E-state index < -0.39 is 15.8 Å². The Morgan fingerprint density at radius 2 is 1.88 bits per heavy atom. The molecule has 0 radical (unpaired) electrons. The summed E-state index contributed by atoms with van der Waals surface area (Å²) in [5.74, 6) is -0.172. The first-order chi connectivity index (χ1) is 11.3. The third kappa shape index (κ3) is 4.76. The first kappa shape index (κ1) is 18.4. The lowest BCUT2D eigenvalue weighted by Gasteiger charge is -2.13. The summed E-state index contributed by atoms with van der Waals surface area (Å²) in [5.41, 5.74) is 0. The molecule has 1 heterocycles. The van der Waals surface area contributed by atoms with Crippen molar-refractivity contribution in [2.45, 2.75) is 4.90 Å². The molecule has 0 atom stereocenters. The van der Waals surface area contributed by atoms with Crippen LogP contribution in [-0.4, -0.2) is 45.6 Å². The van der Waals surface area contributed by atoms with Gasteiger partial charge in [0.25, 0.3) is 0 Å². The van der Waals surface area contributed by atoms with E-state index in [1.807, 2.05) is 0 Å². The molecule has 0 amide bonds. The molecule has 0 fully saturated rings. The van der Waals surface area contributed by atoms with Crippen LogP contribution >= 0.6 is 11.6 Å². The Kier molecular flexibility index (Phi) is 5.92. The number of rotatable bonds is 7. The van der Waals surface area contributed by atoms with E-state index in [0.29, 0.717) is 5.02 Å². The highest BCUT2D eigenvalue weighted by Gasteiger charge is 2.13. The van der Waals surface area contributed by atoms with Crippen LogP contribution in [0.3, 0.4) is 0 Å². The molecule has 2 rings (SSSR count). The molecule has 0 saturated carbocycles. The highest BCUT2D eigenvalue weighted by Crippen LogP contribution is 2.15. The highest BCUT2D eigenvalue weighted by atomic mass is 35.5. The SMILES string of the molecule is CN(C)c1nc(NCCNS(=O)(=O)c2ccc(Cl)cc2)ncc1F. The lowest BCUT2D eigenvalue weighted by Crippen LogP contribution is -2.29. The van der Waals surface area contributed by atoms with Gasteiger partial charge in [-0.25, -0.2) is 22.5 Å². The number of halogens is 2. The molecule has 0 aliphatic heterocycles. The Morgan fingerprint density at radius 3 is 2.50 bits per heavy atom. The van der Waals surface area contributed by atoms with Gasteiger partial charge in [0.15, 0.2) is 11.6 Å². The maximum absolute atomic E-state index is 13.5. The number of hydrogen-bond donors (Lipinski definition) is 2.